The summed E-state index contributed by atoms with van der Waals surface area (Å²) in [7, 11) is 1.55. The van der Waals surface area contributed by atoms with Gasteiger partial charge < -0.3 is 25.0 Å². The summed E-state index contributed by atoms with van der Waals surface area (Å²) in [5.74, 6) is 0.522. The molecule has 1 atom stereocenters. The Labute approximate surface area is 214 Å². The zero-order valence-corrected chi connectivity index (χ0v) is 21.6. The van der Waals surface area contributed by atoms with Crippen molar-refractivity contribution in [2.75, 3.05) is 24.8 Å². The van der Waals surface area contributed by atoms with Crippen LogP contribution in [0, 0.1) is 0 Å². The molecular formula is C22H23BrClN5O4S. The Hall–Kier alpha value is -2.60. The summed E-state index contributed by atoms with van der Waals surface area (Å²) in [6.07, 6.45) is 0. The van der Waals surface area contributed by atoms with Crippen LogP contribution in [0.2, 0.25) is 5.02 Å². The van der Waals surface area contributed by atoms with Crippen molar-refractivity contribution in [2.24, 2.45) is 0 Å². The van der Waals surface area contributed by atoms with Crippen LogP contribution in [-0.2, 0) is 11.3 Å². The molecule has 3 N–H and O–H groups in total. The summed E-state index contributed by atoms with van der Waals surface area (Å²) in [6, 6.07) is 11.0. The molecule has 0 aliphatic carbocycles. The van der Waals surface area contributed by atoms with Crippen LogP contribution in [0.1, 0.15) is 29.1 Å². The van der Waals surface area contributed by atoms with Crippen molar-refractivity contribution in [1.29, 1.82) is 0 Å². The van der Waals surface area contributed by atoms with Gasteiger partial charge in [-0.05, 0) is 65.3 Å². The van der Waals surface area contributed by atoms with Gasteiger partial charge in [-0.25, -0.2) is 0 Å². The molecule has 9 nitrogen and oxygen atoms in total. The molecule has 3 aromatic rings. The maximum absolute atomic E-state index is 12.6. The second-order valence-electron chi connectivity index (χ2n) is 6.99. The number of thioether (sulfide) groups is 1. The van der Waals surface area contributed by atoms with Crippen molar-refractivity contribution < 1.29 is 19.4 Å². The predicted molar refractivity (Wildman–Crippen MR) is 134 cm³/mol. The van der Waals surface area contributed by atoms with Gasteiger partial charge in [0.15, 0.2) is 11.0 Å². The molecule has 180 valence electrons. The first-order valence-electron chi connectivity index (χ1n) is 10.2. The Morgan fingerprint density at radius 2 is 1.97 bits per heavy atom. The molecule has 2 amide bonds. The number of rotatable bonds is 10. The summed E-state index contributed by atoms with van der Waals surface area (Å²) in [4.78, 5) is 25.0. The van der Waals surface area contributed by atoms with Gasteiger partial charge in [0, 0.05) is 22.3 Å². The zero-order chi connectivity index (χ0) is 24.7. The average Bonchev–Trinajstić information content (AvgIpc) is 3.26. The van der Waals surface area contributed by atoms with Crippen LogP contribution in [-0.4, -0.2) is 51.2 Å². The van der Waals surface area contributed by atoms with Crippen LogP contribution < -0.4 is 15.4 Å². The quantitative estimate of drug-likeness (QED) is 0.317. The molecule has 34 heavy (non-hydrogen) atoms. The van der Waals surface area contributed by atoms with Gasteiger partial charge in [0.25, 0.3) is 5.91 Å². The number of carbonyl (C=O) groups excluding carboxylic acids is 2. The number of nitrogens with one attached hydrogen (secondary N) is 2. The number of carbonyl (C=O) groups is 2. The van der Waals surface area contributed by atoms with Crippen molar-refractivity contribution >= 4 is 56.8 Å². The first-order valence-corrected chi connectivity index (χ1v) is 12.4. The van der Waals surface area contributed by atoms with Crippen LogP contribution in [0.15, 0.2) is 52.1 Å². The van der Waals surface area contributed by atoms with E-state index >= 15 is 0 Å². The van der Waals surface area contributed by atoms with E-state index in [9.17, 15) is 14.7 Å². The number of amides is 2. The second kappa shape index (κ2) is 12.2. The lowest BCUT2D eigenvalue weighted by molar-refractivity contribution is -0.113. The minimum absolute atomic E-state index is 0.0911. The second-order valence-corrected chi connectivity index (χ2v) is 9.19. The van der Waals surface area contributed by atoms with Crippen molar-refractivity contribution in [3.63, 3.8) is 0 Å². The highest BCUT2D eigenvalue weighted by molar-refractivity contribution is 9.10. The Bertz CT molecular complexity index is 1160. The highest BCUT2D eigenvalue weighted by Gasteiger charge is 2.23. The van der Waals surface area contributed by atoms with Gasteiger partial charge in [-0.1, -0.05) is 23.4 Å². The van der Waals surface area contributed by atoms with Gasteiger partial charge in [-0.2, -0.15) is 0 Å². The standard InChI is InChI=1S/C22H23BrClN5O4S/c1-3-29-20(18(11-30)26-21(32)13-4-7-15(33-2)8-5-13)27-28-22(29)34-12-19(31)25-14-6-9-16(23)17(24)10-14/h4-10,18,30H,3,11-12H2,1-2H3,(H,25,31)(H,26,32)/t18-/m0/s1. The highest BCUT2D eigenvalue weighted by atomic mass is 79.9. The maximum Gasteiger partial charge on any atom is 0.251 e. The number of halogens is 2. The number of aliphatic hydroxyl groups excluding tert-OH is 1. The van der Waals surface area contributed by atoms with Crippen molar-refractivity contribution in [1.82, 2.24) is 20.1 Å². The number of methoxy groups -OCH3 is 1. The number of hydrogen-bond donors (Lipinski definition) is 3. The summed E-state index contributed by atoms with van der Waals surface area (Å²) in [5.41, 5.74) is 0.999. The fraction of sp³-hybridized carbons (Fsp3) is 0.273. The van der Waals surface area contributed by atoms with Gasteiger partial charge in [0.2, 0.25) is 5.91 Å². The van der Waals surface area contributed by atoms with E-state index in [2.05, 4.69) is 36.8 Å². The van der Waals surface area contributed by atoms with Crippen molar-refractivity contribution in [3.8, 4) is 5.75 Å². The SMILES string of the molecule is CCn1c(SCC(=O)Nc2ccc(Br)c(Cl)c2)nnc1[C@H](CO)NC(=O)c1ccc(OC)cc1. The Morgan fingerprint density at radius 1 is 1.24 bits per heavy atom. The minimum Gasteiger partial charge on any atom is -0.497 e. The van der Waals surface area contributed by atoms with Gasteiger partial charge in [0.05, 0.1) is 24.5 Å². The zero-order valence-electron chi connectivity index (χ0n) is 18.4. The average molecular weight is 569 g/mol. The number of aliphatic hydroxyl groups is 1. The molecule has 2 aromatic carbocycles. The number of aromatic nitrogens is 3. The molecule has 1 aromatic heterocycles. The molecule has 0 saturated heterocycles. The minimum atomic E-state index is -0.768. The molecule has 0 aliphatic rings. The number of nitrogens with zero attached hydrogens (tertiary/aromatic N) is 3. The molecule has 0 bridgehead atoms. The molecule has 0 unspecified atom stereocenters. The van der Waals surface area contributed by atoms with Gasteiger partial charge in [-0.3, -0.25) is 9.59 Å². The number of benzene rings is 2. The van der Waals surface area contributed by atoms with Crippen molar-refractivity contribution in [3.05, 3.63) is 63.3 Å². The lowest BCUT2D eigenvalue weighted by Gasteiger charge is -2.17. The summed E-state index contributed by atoms with van der Waals surface area (Å²) in [6.45, 7) is 2.01. The Balaban J connectivity index is 1.65. The summed E-state index contributed by atoms with van der Waals surface area (Å²) >= 11 is 10.6. The third kappa shape index (κ3) is 6.50. The molecule has 3 rings (SSSR count). The van der Waals surface area contributed by atoms with Crippen LogP contribution in [0.4, 0.5) is 5.69 Å². The highest BCUT2D eigenvalue weighted by Crippen LogP contribution is 2.26. The van der Waals surface area contributed by atoms with E-state index in [0.717, 1.165) is 4.47 Å². The first-order chi connectivity index (χ1) is 16.4. The third-order valence-electron chi connectivity index (χ3n) is 4.75. The van der Waals surface area contributed by atoms with E-state index < -0.39 is 6.04 Å². The van der Waals surface area contributed by atoms with Gasteiger partial charge in [0.1, 0.15) is 11.8 Å². The van der Waals surface area contributed by atoms with E-state index in [1.54, 1.807) is 54.1 Å². The van der Waals surface area contributed by atoms with E-state index in [4.69, 9.17) is 16.3 Å². The monoisotopic (exact) mass is 567 g/mol. The van der Waals surface area contributed by atoms with Crippen LogP contribution >= 0.6 is 39.3 Å². The summed E-state index contributed by atoms with van der Waals surface area (Å²) in [5, 5.41) is 24.8. The van der Waals surface area contributed by atoms with E-state index in [1.807, 2.05) is 6.92 Å². The normalized spacial score (nSPS) is 11.7. The van der Waals surface area contributed by atoms with Crippen LogP contribution in [0.3, 0.4) is 0 Å². The molecule has 0 fully saturated rings. The molecule has 0 spiro atoms. The fourth-order valence-electron chi connectivity index (χ4n) is 3.04. The largest absolute Gasteiger partial charge is 0.497 e. The Kier molecular flexibility index (Phi) is 9.34. The summed E-state index contributed by atoms with van der Waals surface area (Å²) < 4.78 is 7.60. The topological polar surface area (TPSA) is 118 Å². The molecule has 0 aliphatic heterocycles. The smallest absolute Gasteiger partial charge is 0.251 e. The maximum atomic E-state index is 12.6. The van der Waals surface area contributed by atoms with Crippen LogP contribution in [0.5, 0.6) is 5.75 Å². The number of anilines is 1. The lowest BCUT2D eigenvalue weighted by Crippen LogP contribution is -2.32. The van der Waals surface area contributed by atoms with E-state index in [0.29, 0.717) is 39.5 Å². The van der Waals surface area contributed by atoms with E-state index in [1.165, 1.54) is 11.8 Å². The predicted octanol–water partition coefficient (Wildman–Crippen LogP) is 3.92. The van der Waals surface area contributed by atoms with Crippen LogP contribution in [0.25, 0.3) is 0 Å². The molecular weight excluding hydrogens is 546 g/mol. The number of ether oxygens (including phenoxy) is 1. The molecule has 0 saturated carbocycles. The lowest BCUT2D eigenvalue weighted by atomic mass is 10.2. The number of hydrogen-bond acceptors (Lipinski definition) is 7. The Morgan fingerprint density at radius 3 is 2.59 bits per heavy atom. The van der Waals surface area contributed by atoms with Crippen molar-refractivity contribution in [2.45, 2.75) is 24.7 Å². The third-order valence-corrected chi connectivity index (χ3v) is 6.95. The molecule has 1 heterocycles. The first kappa shape index (κ1) is 26.0. The van der Waals surface area contributed by atoms with E-state index in [-0.39, 0.29) is 24.2 Å². The molecule has 12 heteroatoms. The fourth-order valence-corrected chi connectivity index (χ4v) is 4.28. The van der Waals surface area contributed by atoms with Gasteiger partial charge >= 0.3 is 0 Å². The molecule has 0 radical (unpaired) electrons. The van der Waals surface area contributed by atoms with Gasteiger partial charge in [-0.15, -0.1) is 10.2 Å².